The van der Waals surface area contributed by atoms with Crippen LogP contribution >= 0.6 is 11.8 Å². The summed E-state index contributed by atoms with van der Waals surface area (Å²) in [6.45, 7) is 4.15. The number of thioether (sulfide) groups is 1. The molecule has 39 heavy (non-hydrogen) atoms. The van der Waals surface area contributed by atoms with Gasteiger partial charge < -0.3 is 16.0 Å². The number of amides is 2. The van der Waals surface area contributed by atoms with E-state index in [1.54, 1.807) is 30.5 Å². The lowest BCUT2D eigenvalue weighted by atomic mass is 9.98. The molecular formula is C29H31N7O2S. The van der Waals surface area contributed by atoms with Gasteiger partial charge in [-0.3, -0.25) is 9.59 Å². The van der Waals surface area contributed by atoms with E-state index in [9.17, 15) is 9.59 Å². The van der Waals surface area contributed by atoms with Gasteiger partial charge in [0.1, 0.15) is 6.04 Å². The predicted molar refractivity (Wildman–Crippen MR) is 151 cm³/mol. The molecule has 5 rings (SSSR count). The first-order chi connectivity index (χ1) is 18.7. The third-order valence-electron chi connectivity index (χ3n) is 6.85. The molecule has 4 aromatic rings. The van der Waals surface area contributed by atoms with Crippen LogP contribution in [0.5, 0.6) is 0 Å². The van der Waals surface area contributed by atoms with E-state index in [1.807, 2.05) is 54.8 Å². The number of nitrogens with two attached hydrogens (primary N) is 1. The molecule has 3 aromatic carbocycles. The molecule has 1 aromatic heterocycles. The van der Waals surface area contributed by atoms with E-state index in [-0.39, 0.29) is 11.8 Å². The molecule has 2 heterocycles. The van der Waals surface area contributed by atoms with Crippen LogP contribution in [0.15, 0.2) is 71.6 Å². The first-order valence-electron chi connectivity index (χ1n) is 12.7. The Morgan fingerprint density at radius 2 is 1.85 bits per heavy atom. The van der Waals surface area contributed by atoms with E-state index < -0.39 is 11.6 Å². The molecule has 1 atom stereocenters. The zero-order valence-electron chi connectivity index (χ0n) is 22.1. The Kier molecular flexibility index (Phi) is 7.49. The van der Waals surface area contributed by atoms with E-state index in [0.717, 1.165) is 38.3 Å². The van der Waals surface area contributed by atoms with Gasteiger partial charge in [0.25, 0.3) is 0 Å². The average Bonchev–Trinajstić information content (AvgIpc) is 3.43. The molecule has 9 nitrogen and oxygen atoms in total. The van der Waals surface area contributed by atoms with Crippen LogP contribution in [0.3, 0.4) is 0 Å². The molecule has 200 valence electrons. The number of carbonyl (C=O) groups is 2. The second-order valence-corrected chi connectivity index (χ2v) is 11.1. The van der Waals surface area contributed by atoms with Crippen LogP contribution in [0.4, 0.5) is 0 Å². The van der Waals surface area contributed by atoms with E-state index in [1.165, 1.54) is 0 Å². The molecule has 0 bridgehead atoms. The van der Waals surface area contributed by atoms with Gasteiger partial charge in [0, 0.05) is 30.0 Å². The predicted octanol–water partition coefficient (Wildman–Crippen LogP) is 3.56. The summed E-state index contributed by atoms with van der Waals surface area (Å²) < 4.78 is 0. The van der Waals surface area contributed by atoms with Crippen LogP contribution < -0.4 is 11.1 Å². The minimum absolute atomic E-state index is 0.124. The maximum Gasteiger partial charge on any atom is 0.246 e. The van der Waals surface area contributed by atoms with Crippen molar-refractivity contribution in [2.75, 3.05) is 6.26 Å². The summed E-state index contributed by atoms with van der Waals surface area (Å²) >= 11 is 1.65. The average molecular weight is 542 g/mol. The summed E-state index contributed by atoms with van der Waals surface area (Å²) in [6.07, 6.45) is 2.45. The van der Waals surface area contributed by atoms with Gasteiger partial charge in [0.15, 0.2) is 0 Å². The Hall–Kier alpha value is -4.02. The third kappa shape index (κ3) is 5.86. The van der Waals surface area contributed by atoms with Crippen molar-refractivity contribution in [1.29, 1.82) is 0 Å². The monoisotopic (exact) mass is 541 g/mol. The number of nitrogens with zero attached hydrogens (tertiary/aromatic N) is 4. The Bertz CT molecular complexity index is 1480. The van der Waals surface area contributed by atoms with Gasteiger partial charge in [-0.1, -0.05) is 54.6 Å². The number of benzene rings is 3. The lowest BCUT2D eigenvalue weighted by Gasteiger charge is -2.27. The summed E-state index contributed by atoms with van der Waals surface area (Å²) in [5, 5.41) is 17.4. The highest BCUT2D eigenvalue weighted by Gasteiger charge is 2.33. The molecular weight excluding hydrogens is 510 g/mol. The Balaban J connectivity index is 1.42. The largest absolute Gasteiger partial charge is 0.342 e. The van der Waals surface area contributed by atoms with Crippen molar-refractivity contribution >= 4 is 23.6 Å². The quantitative estimate of drug-likeness (QED) is 0.305. The molecule has 0 fully saturated rings. The number of tetrazole rings is 1. The number of hydrogen-bond donors (Lipinski definition) is 3. The van der Waals surface area contributed by atoms with Crippen molar-refractivity contribution in [1.82, 2.24) is 30.8 Å². The number of aromatic nitrogens is 4. The van der Waals surface area contributed by atoms with Crippen molar-refractivity contribution in [2.45, 2.75) is 49.8 Å². The fraction of sp³-hybridized carbons (Fsp3) is 0.276. The van der Waals surface area contributed by atoms with Crippen molar-refractivity contribution in [3.8, 4) is 22.5 Å². The Labute approximate surface area is 231 Å². The molecule has 0 unspecified atom stereocenters. The molecule has 4 N–H and O–H groups in total. The summed E-state index contributed by atoms with van der Waals surface area (Å²) in [7, 11) is 0. The fourth-order valence-corrected chi connectivity index (χ4v) is 5.16. The van der Waals surface area contributed by atoms with Gasteiger partial charge >= 0.3 is 0 Å². The highest BCUT2D eigenvalue weighted by atomic mass is 32.2. The van der Waals surface area contributed by atoms with Crippen molar-refractivity contribution in [3.63, 3.8) is 0 Å². The first kappa shape index (κ1) is 26.6. The zero-order valence-corrected chi connectivity index (χ0v) is 23.0. The third-order valence-corrected chi connectivity index (χ3v) is 7.58. The Morgan fingerprint density at radius 3 is 2.51 bits per heavy atom. The summed E-state index contributed by atoms with van der Waals surface area (Å²) in [5.74, 6) is 0.0535. The van der Waals surface area contributed by atoms with Gasteiger partial charge in [-0.15, -0.1) is 22.0 Å². The number of H-pyrrole nitrogens is 1. The molecule has 2 amide bonds. The van der Waals surface area contributed by atoms with Crippen LogP contribution in [0, 0.1) is 0 Å². The molecule has 0 spiro atoms. The smallest absolute Gasteiger partial charge is 0.246 e. The minimum Gasteiger partial charge on any atom is -0.342 e. The van der Waals surface area contributed by atoms with E-state index in [2.05, 4.69) is 44.1 Å². The van der Waals surface area contributed by atoms with Gasteiger partial charge in [0.2, 0.25) is 17.6 Å². The van der Waals surface area contributed by atoms with Crippen LogP contribution in [-0.4, -0.2) is 55.2 Å². The second kappa shape index (κ2) is 11.0. The number of carbonyl (C=O) groups excluding carboxylic acids is 2. The van der Waals surface area contributed by atoms with Crippen molar-refractivity contribution < 1.29 is 9.59 Å². The van der Waals surface area contributed by atoms with Gasteiger partial charge in [-0.2, -0.15) is 5.21 Å². The SMILES string of the molecule is CSc1ccc2c(c1)C[C@@H](NC(=O)C(C)(C)N)C(=O)N(Cc1ccc(-c3ccccc3-c3nn[nH]n3)cc1)C2. The number of nitrogens with one attached hydrogen (secondary N) is 2. The summed E-state index contributed by atoms with van der Waals surface area (Å²) in [4.78, 5) is 29.4. The number of rotatable bonds is 7. The molecule has 0 radical (unpaired) electrons. The maximum absolute atomic E-state index is 13.7. The van der Waals surface area contributed by atoms with E-state index in [0.29, 0.717) is 25.3 Å². The van der Waals surface area contributed by atoms with Crippen LogP contribution in [0.1, 0.15) is 30.5 Å². The molecule has 1 aliphatic rings. The lowest BCUT2D eigenvalue weighted by Crippen LogP contribution is -2.56. The second-order valence-electron chi connectivity index (χ2n) is 10.3. The maximum atomic E-state index is 13.7. The molecule has 1 aliphatic heterocycles. The lowest BCUT2D eigenvalue weighted by molar-refractivity contribution is -0.138. The fourth-order valence-electron chi connectivity index (χ4n) is 4.69. The van der Waals surface area contributed by atoms with Gasteiger partial charge in [-0.25, -0.2) is 0 Å². The highest BCUT2D eigenvalue weighted by Crippen LogP contribution is 2.31. The van der Waals surface area contributed by atoms with Crippen LogP contribution in [0.25, 0.3) is 22.5 Å². The van der Waals surface area contributed by atoms with Crippen molar-refractivity contribution in [3.05, 3.63) is 83.4 Å². The number of hydrogen-bond acceptors (Lipinski definition) is 7. The topological polar surface area (TPSA) is 130 Å². The summed E-state index contributed by atoms with van der Waals surface area (Å²) in [6, 6.07) is 21.6. The van der Waals surface area contributed by atoms with Crippen LogP contribution in [0.2, 0.25) is 0 Å². The first-order valence-corrected chi connectivity index (χ1v) is 13.9. The van der Waals surface area contributed by atoms with Crippen LogP contribution in [-0.2, 0) is 29.1 Å². The minimum atomic E-state index is -1.09. The number of fused-ring (bicyclic) bond motifs is 1. The molecule has 0 aliphatic carbocycles. The molecule has 0 saturated heterocycles. The highest BCUT2D eigenvalue weighted by molar-refractivity contribution is 7.98. The van der Waals surface area contributed by atoms with Crippen molar-refractivity contribution in [2.24, 2.45) is 5.73 Å². The summed E-state index contributed by atoms with van der Waals surface area (Å²) in [5.41, 5.74) is 10.9. The normalized spacial score (nSPS) is 15.5. The zero-order chi connectivity index (χ0) is 27.6. The van der Waals surface area contributed by atoms with E-state index >= 15 is 0 Å². The standard InChI is InChI=1S/C29H31N7O2S/c1-29(2,30)28(38)31-25-15-21-14-22(39-3)13-12-20(21)17-36(27(25)37)16-18-8-10-19(11-9-18)23-6-4-5-7-24(23)26-32-34-35-33-26/h4-14,25H,15-17,30H2,1-3H3,(H,31,38)(H,32,33,34,35)/t25-/m1/s1. The van der Waals surface area contributed by atoms with Gasteiger partial charge in [0.05, 0.1) is 5.54 Å². The number of aromatic amines is 1. The molecule has 10 heteroatoms. The van der Waals surface area contributed by atoms with E-state index in [4.69, 9.17) is 5.73 Å². The van der Waals surface area contributed by atoms with Gasteiger partial charge in [-0.05, 0) is 65.3 Å². The molecule has 0 saturated carbocycles. The Morgan fingerprint density at radius 1 is 1.10 bits per heavy atom.